The van der Waals surface area contributed by atoms with Gasteiger partial charge in [0, 0.05) is 11.3 Å². The lowest BCUT2D eigenvalue weighted by molar-refractivity contribution is 0.0599. The smallest absolute Gasteiger partial charge is 0.337 e. The molecule has 1 amide bonds. The Kier molecular flexibility index (Phi) is 5.73. The largest absolute Gasteiger partial charge is 0.465 e. The van der Waals surface area contributed by atoms with Crippen LogP contribution in [0.3, 0.4) is 0 Å². The van der Waals surface area contributed by atoms with E-state index in [0.717, 1.165) is 5.56 Å². The predicted molar refractivity (Wildman–Crippen MR) is 104 cm³/mol. The zero-order chi connectivity index (χ0) is 21.0. The normalized spacial score (nSPS) is 10.3. The quantitative estimate of drug-likeness (QED) is 0.660. The number of carbonyl (C=O) groups excluding carboxylic acids is 3. The van der Waals surface area contributed by atoms with Gasteiger partial charge in [-0.05, 0) is 25.1 Å². The molecule has 29 heavy (non-hydrogen) atoms. The van der Waals surface area contributed by atoms with Crippen LogP contribution in [0.25, 0.3) is 11.3 Å². The zero-order valence-electron chi connectivity index (χ0n) is 16.0. The van der Waals surface area contributed by atoms with Crippen LogP contribution in [0.2, 0.25) is 0 Å². The summed E-state index contributed by atoms with van der Waals surface area (Å²) in [6, 6.07) is 11.5. The highest BCUT2D eigenvalue weighted by Gasteiger charge is 2.20. The molecule has 0 radical (unpaired) electrons. The summed E-state index contributed by atoms with van der Waals surface area (Å²) < 4.78 is 14.8. The molecule has 0 saturated heterocycles. The Bertz CT molecular complexity index is 1030. The van der Waals surface area contributed by atoms with E-state index in [1.807, 2.05) is 31.2 Å². The van der Waals surface area contributed by atoms with E-state index in [0.29, 0.717) is 11.3 Å². The molecule has 2 aromatic carbocycles. The molecule has 8 heteroatoms. The fourth-order valence-electron chi connectivity index (χ4n) is 2.68. The van der Waals surface area contributed by atoms with Crippen molar-refractivity contribution >= 4 is 23.5 Å². The Balaban J connectivity index is 1.93. The second-order valence-electron chi connectivity index (χ2n) is 6.13. The van der Waals surface area contributed by atoms with Gasteiger partial charge < -0.3 is 19.2 Å². The number of anilines is 1. The van der Waals surface area contributed by atoms with E-state index in [1.165, 1.54) is 38.8 Å². The first kappa shape index (κ1) is 19.8. The van der Waals surface area contributed by atoms with E-state index in [2.05, 4.69) is 10.3 Å². The van der Waals surface area contributed by atoms with E-state index in [1.54, 1.807) is 0 Å². The minimum atomic E-state index is -0.659. The Morgan fingerprint density at radius 2 is 1.52 bits per heavy atom. The van der Waals surface area contributed by atoms with Gasteiger partial charge in [-0.3, -0.25) is 4.79 Å². The van der Waals surface area contributed by atoms with Gasteiger partial charge in [-0.25, -0.2) is 14.6 Å². The molecule has 0 fully saturated rings. The number of hydrogen-bond acceptors (Lipinski definition) is 7. The number of nitrogens with one attached hydrogen (secondary N) is 1. The molecule has 3 aromatic rings. The molecule has 0 bridgehead atoms. The van der Waals surface area contributed by atoms with Crippen molar-refractivity contribution in [2.75, 3.05) is 19.5 Å². The Labute approximate surface area is 166 Å². The molecule has 3 rings (SSSR count). The first-order valence-corrected chi connectivity index (χ1v) is 8.56. The highest BCUT2D eigenvalue weighted by atomic mass is 16.5. The van der Waals surface area contributed by atoms with Crippen LogP contribution in [0, 0.1) is 6.92 Å². The fourth-order valence-corrected chi connectivity index (χ4v) is 2.68. The number of benzene rings is 2. The maximum absolute atomic E-state index is 12.8. The van der Waals surface area contributed by atoms with Gasteiger partial charge in [0.2, 0.25) is 0 Å². The van der Waals surface area contributed by atoms with E-state index in [9.17, 15) is 14.4 Å². The lowest BCUT2D eigenvalue weighted by atomic mass is 10.1. The summed E-state index contributed by atoms with van der Waals surface area (Å²) in [6.07, 6.45) is 1.18. The standard InChI is InChI=1S/C21H18N2O6/c1-12-4-6-13(7-5-12)18-17(22-11-29-18)19(24)23-16-9-14(20(25)27-2)8-15(10-16)21(26)28-3/h4-11H,1-3H3,(H,23,24). The maximum atomic E-state index is 12.8. The highest BCUT2D eigenvalue weighted by molar-refractivity contribution is 6.07. The van der Waals surface area contributed by atoms with Gasteiger partial charge in [0.15, 0.2) is 17.8 Å². The number of oxazole rings is 1. The summed E-state index contributed by atoms with van der Waals surface area (Å²) in [5, 5.41) is 2.63. The van der Waals surface area contributed by atoms with Crippen LogP contribution >= 0.6 is 0 Å². The maximum Gasteiger partial charge on any atom is 0.337 e. The molecule has 1 heterocycles. The van der Waals surface area contributed by atoms with Crippen molar-refractivity contribution in [3.05, 3.63) is 71.2 Å². The van der Waals surface area contributed by atoms with Crippen molar-refractivity contribution in [3.8, 4) is 11.3 Å². The monoisotopic (exact) mass is 394 g/mol. The molecule has 0 aliphatic rings. The number of nitrogens with zero attached hydrogens (tertiary/aromatic N) is 1. The zero-order valence-corrected chi connectivity index (χ0v) is 16.0. The van der Waals surface area contributed by atoms with Gasteiger partial charge in [-0.2, -0.15) is 0 Å². The van der Waals surface area contributed by atoms with E-state index in [4.69, 9.17) is 13.9 Å². The molecule has 148 valence electrons. The Morgan fingerprint density at radius 1 is 0.931 bits per heavy atom. The first-order valence-electron chi connectivity index (χ1n) is 8.56. The Hall–Kier alpha value is -3.94. The third-order valence-electron chi connectivity index (χ3n) is 4.13. The fraction of sp³-hybridized carbons (Fsp3) is 0.143. The molecule has 8 nitrogen and oxygen atoms in total. The topological polar surface area (TPSA) is 108 Å². The summed E-state index contributed by atoms with van der Waals surface area (Å²) in [5.41, 5.74) is 2.20. The molecular formula is C21H18N2O6. The molecular weight excluding hydrogens is 376 g/mol. The molecule has 0 atom stereocenters. The molecule has 1 aromatic heterocycles. The number of methoxy groups -OCH3 is 2. The van der Waals surface area contributed by atoms with E-state index >= 15 is 0 Å². The summed E-state index contributed by atoms with van der Waals surface area (Å²) in [5.74, 6) is -1.58. The SMILES string of the molecule is COC(=O)c1cc(NC(=O)c2ncoc2-c2ccc(C)cc2)cc(C(=O)OC)c1. The van der Waals surface area contributed by atoms with Crippen molar-refractivity contribution in [3.63, 3.8) is 0 Å². The van der Waals surface area contributed by atoms with Crippen LogP contribution in [-0.4, -0.2) is 37.0 Å². The predicted octanol–water partition coefficient (Wildman–Crippen LogP) is 3.48. The van der Waals surface area contributed by atoms with Crippen molar-refractivity contribution in [2.45, 2.75) is 6.92 Å². The molecule has 0 aliphatic heterocycles. The third-order valence-corrected chi connectivity index (χ3v) is 4.13. The molecule has 0 unspecified atom stereocenters. The van der Waals surface area contributed by atoms with Crippen LogP contribution < -0.4 is 5.32 Å². The number of aryl methyl sites for hydroxylation is 1. The summed E-state index contributed by atoms with van der Waals surface area (Å²) in [7, 11) is 2.43. The van der Waals surface area contributed by atoms with Crippen molar-refractivity contribution in [1.82, 2.24) is 4.98 Å². The number of amides is 1. The van der Waals surface area contributed by atoms with Crippen molar-refractivity contribution in [1.29, 1.82) is 0 Å². The van der Waals surface area contributed by atoms with Gasteiger partial charge >= 0.3 is 11.9 Å². The van der Waals surface area contributed by atoms with Crippen molar-refractivity contribution < 1.29 is 28.3 Å². The van der Waals surface area contributed by atoms with Crippen molar-refractivity contribution in [2.24, 2.45) is 0 Å². The van der Waals surface area contributed by atoms with Crippen LogP contribution in [0.15, 0.2) is 53.3 Å². The second kappa shape index (κ2) is 8.39. The molecule has 0 spiro atoms. The molecule has 0 saturated carbocycles. The number of hydrogen-bond donors (Lipinski definition) is 1. The first-order chi connectivity index (χ1) is 13.9. The average molecular weight is 394 g/mol. The number of rotatable bonds is 5. The summed E-state index contributed by atoms with van der Waals surface area (Å²) in [6.45, 7) is 1.95. The third kappa shape index (κ3) is 4.32. The molecule has 1 N–H and O–H groups in total. The number of carbonyl (C=O) groups is 3. The van der Waals surface area contributed by atoms with Gasteiger partial charge in [-0.15, -0.1) is 0 Å². The number of ether oxygens (including phenoxy) is 2. The van der Waals surface area contributed by atoms with Crippen LogP contribution in [-0.2, 0) is 9.47 Å². The number of aromatic nitrogens is 1. The van der Waals surface area contributed by atoms with E-state index in [-0.39, 0.29) is 22.5 Å². The lowest BCUT2D eigenvalue weighted by Gasteiger charge is -2.09. The second-order valence-corrected chi connectivity index (χ2v) is 6.13. The van der Waals surface area contributed by atoms with Gasteiger partial charge in [0.25, 0.3) is 5.91 Å². The average Bonchev–Trinajstić information content (AvgIpc) is 3.22. The minimum absolute atomic E-state index is 0.0666. The van der Waals surface area contributed by atoms with Crippen LogP contribution in [0.4, 0.5) is 5.69 Å². The summed E-state index contributed by atoms with van der Waals surface area (Å²) in [4.78, 5) is 40.6. The minimum Gasteiger partial charge on any atom is -0.465 e. The van der Waals surface area contributed by atoms with Crippen LogP contribution in [0.1, 0.15) is 36.8 Å². The molecule has 0 aliphatic carbocycles. The summed E-state index contributed by atoms with van der Waals surface area (Å²) >= 11 is 0. The number of esters is 2. The lowest BCUT2D eigenvalue weighted by Crippen LogP contribution is -2.15. The van der Waals surface area contributed by atoms with E-state index < -0.39 is 17.8 Å². The van der Waals surface area contributed by atoms with Gasteiger partial charge in [-0.1, -0.05) is 29.8 Å². The highest BCUT2D eigenvalue weighted by Crippen LogP contribution is 2.25. The van der Waals surface area contributed by atoms with Crippen LogP contribution in [0.5, 0.6) is 0 Å². The van der Waals surface area contributed by atoms with Gasteiger partial charge in [0.1, 0.15) is 0 Å². The van der Waals surface area contributed by atoms with Gasteiger partial charge in [0.05, 0.1) is 25.3 Å². The Morgan fingerprint density at radius 3 is 2.07 bits per heavy atom.